The molecule has 0 aliphatic carbocycles. The maximum atomic E-state index is 5.96. The third kappa shape index (κ3) is 3.24. The van der Waals surface area contributed by atoms with Crippen LogP contribution in [0, 0.1) is 13.8 Å². The van der Waals surface area contributed by atoms with E-state index in [0.717, 1.165) is 33.4 Å². The molecule has 0 atom stereocenters. The third-order valence-corrected chi connectivity index (χ3v) is 3.19. The first-order valence-electron chi connectivity index (χ1n) is 7.25. The summed E-state index contributed by atoms with van der Waals surface area (Å²) in [7, 11) is 0. The molecule has 2 heterocycles. The Hall–Kier alpha value is -2.29. The van der Waals surface area contributed by atoms with E-state index in [1.165, 1.54) is 0 Å². The van der Waals surface area contributed by atoms with Crippen LogP contribution < -0.4 is 4.74 Å². The van der Waals surface area contributed by atoms with Gasteiger partial charge >= 0.3 is 0 Å². The lowest BCUT2D eigenvalue weighted by atomic mass is 10.1. The standard InChI is InChI=1S/C16H15NO2.C2H6/c1-11-9-12(2)16(14-5-8-18-15(11)14)19-10-13-3-6-17-7-4-13;1-2/h3-9H,10H2,1-2H3;1-2H3. The highest BCUT2D eigenvalue weighted by molar-refractivity contribution is 5.88. The van der Waals surface area contributed by atoms with Gasteiger partial charge in [0, 0.05) is 12.4 Å². The van der Waals surface area contributed by atoms with Gasteiger partial charge in [0.2, 0.25) is 0 Å². The van der Waals surface area contributed by atoms with Crippen LogP contribution in [0.1, 0.15) is 30.5 Å². The molecule has 0 spiro atoms. The van der Waals surface area contributed by atoms with Gasteiger partial charge < -0.3 is 9.15 Å². The van der Waals surface area contributed by atoms with Gasteiger partial charge in [0.25, 0.3) is 0 Å². The number of hydrogen-bond acceptors (Lipinski definition) is 3. The van der Waals surface area contributed by atoms with Gasteiger partial charge in [0.1, 0.15) is 17.9 Å². The number of benzene rings is 1. The Bertz CT molecular complexity index is 702. The van der Waals surface area contributed by atoms with Gasteiger partial charge in [-0.2, -0.15) is 0 Å². The highest BCUT2D eigenvalue weighted by Gasteiger charge is 2.11. The fourth-order valence-electron chi connectivity index (χ4n) is 2.29. The molecule has 2 aromatic heterocycles. The largest absolute Gasteiger partial charge is 0.488 e. The maximum absolute atomic E-state index is 5.96. The van der Waals surface area contributed by atoms with Crippen LogP contribution in [-0.2, 0) is 6.61 Å². The van der Waals surface area contributed by atoms with Crippen molar-refractivity contribution in [3.05, 3.63) is 59.6 Å². The second-order valence-corrected chi connectivity index (χ2v) is 4.65. The van der Waals surface area contributed by atoms with Crippen LogP contribution in [0.2, 0.25) is 0 Å². The molecule has 3 aromatic rings. The summed E-state index contributed by atoms with van der Waals surface area (Å²) in [4.78, 5) is 4.00. The normalized spacial score (nSPS) is 10.1. The van der Waals surface area contributed by atoms with E-state index in [1.807, 2.05) is 39.0 Å². The van der Waals surface area contributed by atoms with Crippen molar-refractivity contribution >= 4 is 11.0 Å². The first-order chi connectivity index (χ1) is 10.3. The number of nitrogens with zero attached hydrogens (tertiary/aromatic N) is 1. The molecule has 1 aromatic carbocycles. The second kappa shape index (κ2) is 6.93. The van der Waals surface area contributed by atoms with Crippen molar-refractivity contribution in [2.75, 3.05) is 0 Å². The molecule has 3 rings (SSSR count). The van der Waals surface area contributed by atoms with E-state index in [1.54, 1.807) is 18.7 Å². The number of aromatic nitrogens is 1. The quantitative estimate of drug-likeness (QED) is 0.674. The zero-order valence-electron chi connectivity index (χ0n) is 13.0. The summed E-state index contributed by atoms with van der Waals surface area (Å²) in [5.41, 5.74) is 4.26. The van der Waals surface area contributed by atoms with Crippen LogP contribution in [-0.4, -0.2) is 4.98 Å². The van der Waals surface area contributed by atoms with Crippen molar-refractivity contribution in [3.8, 4) is 5.75 Å². The molecule has 0 aliphatic rings. The molecule has 0 bridgehead atoms. The summed E-state index contributed by atoms with van der Waals surface area (Å²) in [6.45, 7) is 8.64. The average Bonchev–Trinajstić information content (AvgIpc) is 3.00. The molecule has 21 heavy (non-hydrogen) atoms. The molecule has 0 N–H and O–H groups in total. The van der Waals surface area contributed by atoms with Crippen molar-refractivity contribution in [1.82, 2.24) is 4.98 Å². The lowest BCUT2D eigenvalue weighted by molar-refractivity contribution is 0.307. The molecule has 0 aliphatic heterocycles. The molecular weight excluding hydrogens is 262 g/mol. The smallest absolute Gasteiger partial charge is 0.140 e. The Balaban J connectivity index is 0.000000774. The van der Waals surface area contributed by atoms with Crippen molar-refractivity contribution in [2.24, 2.45) is 0 Å². The topological polar surface area (TPSA) is 35.3 Å². The van der Waals surface area contributed by atoms with Gasteiger partial charge in [0.05, 0.1) is 11.6 Å². The lowest BCUT2D eigenvalue weighted by Gasteiger charge is -2.11. The van der Waals surface area contributed by atoms with Crippen molar-refractivity contribution in [2.45, 2.75) is 34.3 Å². The van der Waals surface area contributed by atoms with Gasteiger partial charge in [-0.1, -0.05) is 13.8 Å². The highest BCUT2D eigenvalue weighted by Crippen LogP contribution is 2.33. The zero-order valence-corrected chi connectivity index (χ0v) is 13.0. The minimum absolute atomic E-state index is 0.534. The number of pyridine rings is 1. The number of fused-ring (bicyclic) bond motifs is 1. The predicted octanol–water partition coefficient (Wildman–Crippen LogP) is 5.05. The predicted molar refractivity (Wildman–Crippen MR) is 85.6 cm³/mol. The summed E-state index contributed by atoms with van der Waals surface area (Å²) < 4.78 is 11.5. The van der Waals surface area contributed by atoms with Crippen LogP contribution in [0.25, 0.3) is 11.0 Å². The molecule has 110 valence electrons. The van der Waals surface area contributed by atoms with E-state index in [0.29, 0.717) is 6.61 Å². The fraction of sp³-hybridized carbons (Fsp3) is 0.278. The van der Waals surface area contributed by atoms with Gasteiger partial charge in [0.15, 0.2) is 0 Å². The summed E-state index contributed by atoms with van der Waals surface area (Å²) >= 11 is 0. The van der Waals surface area contributed by atoms with E-state index in [9.17, 15) is 0 Å². The monoisotopic (exact) mass is 283 g/mol. The van der Waals surface area contributed by atoms with Crippen LogP contribution in [0.15, 0.2) is 47.3 Å². The molecule has 0 amide bonds. The summed E-state index contributed by atoms with van der Waals surface area (Å²) in [5.74, 6) is 0.895. The van der Waals surface area contributed by atoms with E-state index in [4.69, 9.17) is 9.15 Å². The summed E-state index contributed by atoms with van der Waals surface area (Å²) in [6.07, 6.45) is 5.25. The van der Waals surface area contributed by atoms with E-state index in [-0.39, 0.29) is 0 Å². The Morgan fingerprint density at radius 2 is 1.76 bits per heavy atom. The Morgan fingerprint density at radius 3 is 2.48 bits per heavy atom. The fourth-order valence-corrected chi connectivity index (χ4v) is 2.29. The molecule has 0 radical (unpaired) electrons. The lowest BCUT2D eigenvalue weighted by Crippen LogP contribution is -1.98. The Kier molecular flexibility index (Phi) is 4.99. The van der Waals surface area contributed by atoms with Gasteiger partial charge in [-0.05, 0) is 54.8 Å². The minimum atomic E-state index is 0.534. The SMILES string of the molecule is CC.Cc1cc(C)c2occc2c1OCc1ccncc1. The van der Waals surface area contributed by atoms with Crippen LogP contribution in [0.5, 0.6) is 5.75 Å². The molecule has 0 fully saturated rings. The van der Waals surface area contributed by atoms with Gasteiger partial charge in [-0.15, -0.1) is 0 Å². The first-order valence-corrected chi connectivity index (χ1v) is 7.25. The molecular formula is C18H21NO2. The molecule has 3 nitrogen and oxygen atoms in total. The Labute approximate surface area is 125 Å². The third-order valence-electron chi connectivity index (χ3n) is 3.19. The van der Waals surface area contributed by atoms with Gasteiger partial charge in [-0.25, -0.2) is 0 Å². The van der Waals surface area contributed by atoms with Crippen LogP contribution >= 0.6 is 0 Å². The summed E-state index contributed by atoms with van der Waals surface area (Å²) in [5, 5.41) is 1.03. The number of aryl methyl sites for hydroxylation is 2. The van der Waals surface area contributed by atoms with E-state index >= 15 is 0 Å². The van der Waals surface area contributed by atoms with Crippen molar-refractivity contribution in [3.63, 3.8) is 0 Å². The van der Waals surface area contributed by atoms with Crippen molar-refractivity contribution < 1.29 is 9.15 Å². The van der Waals surface area contributed by atoms with E-state index in [2.05, 4.69) is 18.0 Å². The van der Waals surface area contributed by atoms with E-state index < -0.39 is 0 Å². The molecule has 0 saturated carbocycles. The summed E-state index contributed by atoms with van der Waals surface area (Å²) in [6, 6.07) is 7.96. The molecule has 3 heteroatoms. The maximum Gasteiger partial charge on any atom is 0.140 e. The average molecular weight is 283 g/mol. The highest BCUT2D eigenvalue weighted by atomic mass is 16.5. The molecule has 0 saturated heterocycles. The van der Waals surface area contributed by atoms with Crippen molar-refractivity contribution in [1.29, 1.82) is 0 Å². The van der Waals surface area contributed by atoms with Gasteiger partial charge in [-0.3, -0.25) is 4.98 Å². The zero-order chi connectivity index (χ0) is 15.2. The number of hydrogen-bond donors (Lipinski definition) is 0. The number of rotatable bonds is 3. The molecule has 0 unspecified atom stereocenters. The number of furan rings is 1. The first kappa shape index (κ1) is 15.1. The Morgan fingerprint density at radius 1 is 1.05 bits per heavy atom. The number of ether oxygens (including phenoxy) is 1. The van der Waals surface area contributed by atoms with Crippen LogP contribution in [0.4, 0.5) is 0 Å². The second-order valence-electron chi connectivity index (χ2n) is 4.65. The van der Waals surface area contributed by atoms with Crippen LogP contribution in [0.3, 0.4) is 0 Å². The minimum Gasteiger partial charge on any atom is -0.488 e.